The van der Waals surface area contributed by atoms with Gasteiger partial charge in [0.25, 0.3) is 0 Å². The largest absolute Gasteiger partial charge is 0.303 e. The molecule has 1 aromatic rings. The van der Waals surface area contributed by atoms with E-state index < -0.39 is 0 Å². The van der Waals surface area contributed by atoms with Crippen molar-refractivity contribution in [1.29, 1.82) is 0 Å². The Morgan fingerprint density at radius 1 is 1.75 bits per heavy atom. The van der Waals surface area contributed by atoms with Crippen LogP contribution in [0.1, 0.15) is 25.1 Å². The molecule has 0 aliphatic rings. The van der Waals surface area contributed by atoms with Gasteiger partial charge in [-0.15, -0.1) is 11.3 Å². The zero-order chi connectivity index (χ0) is 9.03. The molecule has 1 heterocycles. The van der Waals surface area contributed by atoms with E-state index in [0.29, 0.717) is 0 Å². The van der Waals surface area contributed by atoms with Crippen molar-refractivity contribution < 1.29 is 4.79 Å². The first-order chi connectivity index (χ1) is 5.70. The summed E-state index contributed by atoms with van der Waals surface area (Å²) >= 11 is 1.61. The van der Waals surface area contributed by atoms with E-state index in [1.54, 1.807) is 16.8 Å². The van der Waals surface area contributed by atoms with Crippen molar-refractivity contribution in [2.75, 3.05) is 0 Å². The van der Waals surface area contributed by atoms with Crippen LogP contribution in [-0.4, -0.2) is 11.3 Å². The summed E-state index contributed by atoms with van der Waals surface area (Å²) in [6.07, 6.45) is 4.58. The summed E-state index contributed by atoms with van der Waals surface area (Å²) in [5.74, 6) is 0. The zero-order valence-electron chi connectivity index (χ0n) is 7.41. The topological polar surface area (TPSA) is 30.0 Å². The highest BCUT2D eigenvalue weighted by atomic mass is 32.1. The Balaban J connectivity index is 2.66. The van der Waals surface area contributed by atoms with Gasteiger partial charge in [0, 0.05) is 16.5 Å². The minimum Gasteiger partial charge on any atom is -0.303 e. The summed E-state index contributed by atoms with van der Waals surface area (Å²) in [7, 11) is 0. The van der Waals surface area contributed by atoms with E-state index in [9.17, 15) is 4.79 Å². The summed E-state index contributed by atoms with van der Waals surface area (Å²) in [6, 6.07) is 0. The fraction of sp³-hybridized carbons (Fsp3) is 0.556. The third kappa shape index (κ3) is 2.14. The van der Waals surface area contributed by atoms with Gasteiger partial charge in [0.15, 0.2) is 0 Å². The third-order valence-electron chi connectivity index (χ3n) is 2.15. The van der Waals surface area contributed by atoms with Crippen LogP contribution < -0.4 is 0 Å². The number of carbonyl (C=O) groups excluding carboxylic acids is 1. The summed E-state index contributed by atoms with van der Waals surface area (Å²) in [5, 5.41) is 0. The number of aldehydes is 1. The summed E-state index contributed by atoms with van der Waals surface area (Å²) in [4.78, 5) is 15.9. The highest BCUT2D eigenvalue weighted by Crippen LogP contribution is 2.25. The van der Waals surface area contributed by atoms with Crippen LogP contribution in [0.2, 0.25) is 0 Å². The van der Waals surface area contributed by atoms with E-state index in [1.807, 2.05) is 20.0 Å². The molecular weight excluding hydrogens is 170 g/mol. The van der Waals surface area contributed by atoms with Crippen LogP contribution in [0.4, 0.5) is 0 Å². The normalized spacial score (nSPS) is 15.5. The summed E-state index contributed by atoms with van der Waals surface area (Å²) in [6.45, 7) is 4.02. The van der Waals surface area contributed by atoms with Crippen LogP contribution in [0, 0.1) is 5.41 Å². The third-order valence-corrected chi connectivity index (χ3v) is 2.93. The van der Waals surface area contributed by atoms with E-state index >= 15 is 0 Å². The van der Waals surface area contributed by atoms with Crippen LogP contribution >= 0.6 is 11.3 Å². The van der Waals surface area contributed by atoms with Crippen LogP contribution in [0.5, 0.6) is 0 Å². The van der Waals surface area contributed by atoms with Gasteiger partial charge in [-0.05, 0) is 12.8 Å². The van der Waals surface area contributed by atoms with Crippen molar-refractivity contribution in [1.82, 2.24) is 4.98 Å². The number of nitrogens with zero attached hydrogens (tertiary/aromatic N) is 1. The molecule has 0 spiro atoms. The maximum absolute atomic E-state index is 10.8. The molecule has 0 amide bonds. The molecule has 1 unspecified atom stereocenters. The van der Waals surface area contributed by atoms with E-state index in [1.165, 1.54) is 4.88 Å². The lowest BCUT2D eigenvalue weighted by Gasteiger charge is -2.18. The average Bonchev–Trinajstić information content (AvgIpc) is 2.57. The molecule has 0 aromatic carbocycles. The SMILES string of the molecule is CCC(C)(C=O)Cc1cncs1. The predicted octanol–water partition coefficient (Wildman–Crippen LogP) is 2.30. The summed E-state index contributed by atoms with van der Waals surface area (Å²) < 4.78 is 0. The van der Waals surface area contributed by atoms with Gasteiger partial charge in [0.1, 0.15) is 6.29 Å². The van der Waals surface area contributed by atoms with Crippen LogP contribution in [0.15, 0.2) is 11.7 Å². The summed E-state index contributed by atoms with van der Waals surface area (Å²) in [5.41, 5.74) is 1.60. The molecule has 0 fully saturated rings. The Morgan fingerprint density at radius 3 is 2.92 bits per heavy atom. The Morgan fingerprint density at radius 2 is 2.50 bits per heavy atom. The van der Waals surface area contributed by atoms with Gasteiger partial charge in [0.05, 0.1) is 5.51 Å². The minimum absolute atomic E-state index is 0.202. The quantitative estimate of drug-likeness (QED) is 0.670. The van der Waals surface area contributed by atoms with Crippen molar-refractivity contribution in [3.63, 3.8) is 0 Å². The number of rotatable bonds is 4. The van der Waals surface area contributed by atoms with Gasteiger partial charge < -0.3 is 4.79 Å². The first kappa shape index (κ1) is 9.39. The molecule has 1 rings (SSSR count). The number of thiazole rings is 1. The van der Waals surface area contributed by atoms with Gasteiger partial charge in [0.2, 0.25) is 0 Å². The number of carbonyl (C=O) groups is 1. The standard InChI is InChI=1S/C9H13NOS/c1-3-9(2,6-11)4-8-5-10-7-12-8/h5-7H,3-4H2,1-2H3. The lowest BCUT2D eigenvalue weighted by atomic mass is 9.85. The molecule has 66 valence electrons. The van der Waals surface area contributed by atoms with Crippen LogP contribution in [0.3, 0.4) is 0 Å². The van der Waals surface area contributed by atoms with Crippen LogP contribution in [-0.2, 0) is 11.2 Å². The van der Waals surface area contributed by atoms with Gasteiger partial charge in [-0.2, -0.15) is 0 Å². The monoisotopic (exact) mass is 183 g/mol. The first-order valence-corrected chi connectivity index (χ1v) is 4.92. The molecule has 0 saturated heterocycles. The highest BCUT2D eigenvalue weighted by molar-refractivity contribution is 7.09. The Kier molecular flexibility index (Phi) is 2.98. The molecule has 0 aliphatic heterocycles. The molecule has 0 saturated carbocycles. The zero-order valence-corrected chi connectivity index (χ0v) is 8.23. The maximum atomic E-state index is 10.8. The maximum Gasteiger partial charge on any atom is 0.126 e. The van der Waals surface area contributed by atoms with Crippen molar-refractivity contribution in [3.8, 4) is 0 Å². The molecule has 1 aromatic heterocycles. The Labute approximate surface area is 76.6 Å². The molecule has 3 heteroatoms. The molecule has 0 aliphatic carbocycles. The first-order valence-electron chi connectivity index (χ1n) is 4.04. The van der Waals surface area contributed by atoms with Gasteiger partial charge in [-0.3, -0.25) is 4.98 Å². The molecule has 1 atom stereocenters. The van der Waals surface area contributed by atoms with Gasteiger partial charge >= 0.3 is 0 Å². The lowest BCUT2D eigenvalue weighted by molar-refractivity contribution is -0.115. The fourth-order valence-corrected chi connectivity index (χ4v) is 1.77. The number of aromatic nitrogens is 1. The number of hydrogen-bond acceptors (Lipinski definition) is 3. The molecule has 0 radical (unpaired) electrons. The molecule has 2 nitrogen and oxygen atoms in total. The van der Waals surface area contributed by atoms with E-state index in [-0.39, 0.29) is 5.41 Å². The van der Waals surface area contributed by atoms with E-state index in [2.05, 4.69) is 4.98 Å². The van der Waals surface area contributed by atoms with E-state index in [0.717, 1.165) is 19.1 Å². The molecule has 0 bridgehead atoms. The Bertz CT molecular complexity index is 245. The second-order valence-electron chi connectivity index (χ2n) is 3.27. The van der Waals surface area contributed by atoms with Crippen molar-refractivity contribution in [2.45, 2.75) is 26.7 Å². The Hall–Kier alpha value is -0.700. The molecule has 12 heavy (non-hydrogen) atoms. The predicted molar refractivity (Wildman–Crippen MR) is 50.3 cm³/mol. The minimum atomic E-state index is -0.202. The molecule has 0 N–H and O–H groups in total. The fourth-order valence-electron chi connectivity index (χ4n) is 0.977. The number of hydrogen-bond donors (Lipinski definition) is 0. The highest BCUT2D eigenvalue weighted by Gasteiger charge is 2.21. The smallest absolute Gasteiger partial charge is 0.126 e. The lowest BCUT2D eigenvalue weighted by Crippen LogP contribution is -2.19. The van der Waals surface area contributed by atoms with Crippen molar-refractivity contribution in [2.24, 2.45) is 5.41 Å². The average molecular weight is 183 g/mol. The van der Waals surface area contributed by atoms with Gasteiger partial charge in [-0.25, -0.2) is 0 Å². The molecular formula is C9H13NOS. The van der Waals surface area contributed by atoms with E-state index in [4.69, 9.17) is 0 Å². The van der Waals surface area contributed by atoms with Crippen molar-refractivity contribution in [3.05, 3.63) is 16.6 Å². The second-order valence-corrected chi connectivity index (χ2v) is 4.24. The second kappa shape index (κ2) is 3.81. The van der Waals surface area contributed by atoms with Crippen LogP contribution in [0.25, 0.3) is 0 Å². The van der Waals surface area contributed by atoms with Gasteiger partial charge in [-0.1, -0.05) is 13.8 Å². The van der Waals surface area contributed by atoms with Crippen molar-refractivity contribution >= 4 is 17.6 Å².